The van der Waals surface area contributed by atoms with Gasteiger partial charge in [-0.25, -0.2) is 8.42 Å². The summed E-state index contributed by atoms with van der Waals surface area (Å²) in [6.45, 7) is 5.29. The number of hydrogen-bond acceptors (Lipinski definition) is 3. The third-order valence-corrected chi connectivity index (χ3v) is 5.74. The third kappa shape index (κ3) is 4.61. The molecule has 134 valence electrons. The minimum absolute atomic E-state index is 0.404. The van der Waals surface area contributed by atoms with Gasteiger partial charge in [-0.15, -0.1) is 0 Å². The molecule has 0 saturated carbocycles. The molecule has 0 bridgehead atoms. The normalized spacial score (nSPS) is 12.5. The second-order valence-electron chi connectivity index (χ2n) is 5.99. The van der Waals surface area contributed by atoms with Gasteiger partial charge in [0.1, 0.15) is 6.04 Å². The van der Waals surface area contributed by atoms with Gasteiger partial charge >= 0.3 is 0 Å². The average molecular weight is 425 g/mol. The molecule has 0 spiro atoms. The van der Waals surface area contributed by atoms with Gasteiger partial charge in [-0.3, -0.25) is 9.10 Å². The number of anilines is 2. The molecule has 0 aliphatic rings. The molecule has 25 heavy (non-hydrogen) atoms. The van der Waals surface area contributed by atoms with E-state index in [1.807, 2.05) is 32.0 Å². The molecule has 0 aliphatic carbocycles. The third-order valence-electron chi connectivity index (χ3n) is 3.82. The van der Waals surface area contributed by atoms with E-state index in [2.05, 4.69) is 21.2 Å². The molecule has 0 fully saturated rings. The topological polar surface area (TPSA) is 66.5 Å². The van der Waals surface area contributed by atoms with E-state index >= 15 is 0 Å². The van der Waals surface area contributed by atoms with Crippen LogP contribution >= 0.6 is 15.9 Å². The molecule has 1 unspecified atom stereocenters. The minimum Gasteiger partial charge on any atom is -0.323 e. The lowest BCUT2D eigenvalue weighted by molar-refractivity contribution is -0.116. The zero-order chi connectivity index (χ0) is 18.8. The summed E-state index contributed by atoms with van der Waals surface area (Å²) in [5.74, 6) is -0.404. The summed E-state index contributed by atoms with van der Waals surface area (Å²) >= 11 is 3.37. The van der Waals surface area contributed by atoms with Crippen molar-refractivity contribution >= 4 is 43.2 Å². The van der Waals surface area contributed by atoms with Crippen molar-refractivity contribution in [2.45, 2.75) is 26.8 Å². The highest BCUT2D eigenvalue weighted by Gasteiger charge is 2.30. The van der Waals surface area contributed by atoms with Crippen LogP contribution in [-0.4, -0.2) is 26.6 Å². The predicted molar refractivity (Wildman–Crippen MR) is 105 cm³/mol. The number of amides is 1. The quantitative estimate of drug-likeness (QED) is 0.791. The fraction of sp³-hybridized carbons (Fsp3) is 0.278. The first-order chi connectivity index (χ1) is 11.6. The van der Waals surface area contributed by atoms with Crippen molar-refractivity contribution in [2.24, 2.45) is 0 Å². The molecule has 0 aromatic heterocycles. The first kappa shape index (κ1) is 19.5. The van der Waals surface area contributed by atoms with Crippen molar-refractivity contribution in [1.29, 1.82) is 0 Å². The van der Waals surface area contributed by atoms with Crippen LogP contribution in [0.3, 0.4) is 0 Å². The maximum atomic E-state index is 12.7. The van der Waals surface area contributed by atoms with Gasteiger partial charge in [-0.05, 0) is 66.0 Å². The second kappa shape index (κ2) is 7.58. The molecule has 1 atom stereocenters. The van der Waals surface area contributed by atoms with Crippen LogP contribution in [0.2, 0.25) is 0 Å². The van der Waals surface area contributed by atoms with Gasteiger partial charge in [0.25, 0.3) is 0 Å². The van der Waals surface area contributed by atoms with Gasteiger partial charge in [-0.1, -0.05) is 24.3 Å². The Kier molecular flexibility index (Phi) is 5.90. The molecule has 1 N–H and O–H groups in total. The van der Waals surface area contributed by atoms with E-state index in [1.165, 1.54) is 4.31 Å². The Labute approximate surface area is 157 Å². The molecule has 0 aliphatic heterocycles. The zero-order valence-corrected chi connectivity index (χ0v) is 17.0. The fourth-order valence-electron chi connectivity index (χ4n) is 2.54. The molecular weight excluding hydrogens is 404 g/mol. The average Bonchev–Trinajstić information content (AvgIpc) is 2.51. The number of hydrogen-bond donors (Lipinski definition) is 1. The number of carbonyl (C=O) groups excluding carboxylic acids is 1. The summed E-state index contributed by atoms with van der Waals surface area (Å²) in [4.78, 5) is 12.7. The Bertz CT molecular complexity index is 897. The lowest BCUT2D eigenvalue weighted by atomic mass is 10.1. The van der Waals surface area contributed by atoms with E-state index in [0.717, 1.165) is 21.9 Å². The smallest absolute Gasteiger partial charge is 0.248 e. The first-order valence-corrected chi connectivity index (χ1v) is 10.4. The van der Waals surface area contributed by atoms with E-state index in [4.69, 9.17) is 0 Å². The number of aryl methyl sites for hydroxylation is 2. The van der Waals surface area contributed by atoms with Crippen LogP contribution in [0, 0.1) is 13.8 Å². The highest BCUT2D eigenvalue weighted by atomic mass is 79.9. The fourth-order valence-corrected chi connectivity index (χ4v) is 4.15. The number of sulfonamides is 1. The number of carbonyl (C=O) groups is 1. The van der Waals surface area contributed by atoms with E-state index in [1.54, 1.807) is 31.2 Å². The van der Waals surface area contributed by atoms with Crippen LogP contribution in [0.25, 0.3) is 0 Å². The molecule has 2 aromatic rings. The second-order valence-corrected chi connectivity index (χ2v) is 8.71. The number of para-hydroxylation sites is 1. The van der Waals surface area contributed by atoms with E-state index in [-0.39, 0.29) is 0 Å². The van der Waals surface area contributed by atoms with Crippen molar-refractivity contribution in [1.82, 2.24) is 0 Å². The van der Waals surface area contributed by atoms with Gasteiger partial charge in [0, 0.05) is 4.47 Å². The van der Waals surface area contributed by atoms with E-state index in [9.17, 15) is 13.2 Å². The molecular formula is C18H21BrN2O3S. The monoisotopic (exact) mass is 424 g/mol. The summed E-state index contributed by atoms with van der Waals surface area (Å²) < 4.78 is 26.7. The van der Waals surface area contributed by atoms with Crippen molar-refractivity contribution in [3.05, 3.63) is 58.1 Å². The Morgan fingerprint density at radius 1 is 1.16 bits per heavy atom. The Balaban J connectivity index is 2.40. The number of benzene rings is 2. The van der Waals surface area contributed by atoms with Crippen molar-refractivity contribution in [2.75, 3.05) is 15.9 Å². The van der Waals surface area contributed by atoms with Crippen molar-refractivity contribution in [3.63, 3.8) is 0 Å². The molecule has 0 heterocycles. The van der Waals surface area contributed by atoms with Crippen molar-refractivity contribution < 1.29 is 13.2 Å². The maximum absolute atomic E-state index is 12.7. The summed E-state index contributed by atoms with van der Waals surface area (Å²) in [5.41, 5.74) is 2.82. The van der Waals surface area contributed by atoms with Crippen LogP contribution in [0.15, 0.2) is 46.9 Å². The summed E-state index contributed by atoms with van der Waals surface area (Å²) in [7, 11) is -3.64. The molecule has 7 heteroatoms. The van der Waals surface area contributed by atoms with Crippen LogP contribution < -0.4 is 9.62 Å². The highest BCUT2D eigenvalue weighted by Crippen LogP contribution is 2.27. The van der Waals surface area contributed by atoms with Gasteiger partial charge in [0.2, 0.25) is 15.9 Å². The van der Waals surface area contributed by atoms with Gasteiger partial charge in [0.05, 0.1) is 17.6 Å². The largest absolute Gasteiger partial charge is 0.323 e. The van der Waals surface area contributed by atoms with Crippen LogP contribution in [0.1, 0.15) is 18.1 Å². The molecule has 1 amide bonds. The van der Waals surface area contributed by atoms with Gasteiger partial charge in [0.15, 0.2) is 0 Å². The molecule has 2 aromatic carbocycles. The molecule has 0 saturated heterocycles. The highest BCUT2D eigenvalue weighted by molar-refractivity contribution is 9.10. The number of nitrogens with zero attached hydrogens (tertiary/aromatic N) is 1. The summed E-state index contributed by atoms with van der Waals surface area (Å²) in [6.07, 6.45) is 1.11. The molecule has 0 radical (unpaired) electrons. The van der Waals surface area contributed by atoms with Gasteiger partial charge < -0.3 is 5.32 Å². The predicted octanol–water partition coefficient (Wildman–Crippen LogP) is 3.86. The lowest BCUT2D eigenvalue weighted by Gasteiger charge is -2.29. The SMILES string of the molecule is Cc1ccc(C)c(N(C(C)C(=O)Nc2ccccc2Br)S(C)(=O)=O)c1. The van der Waals surface area contributed by atoms with Crippen molar-refractivity contribution in [3.8, 4) is 0 Å². The first-order valence-electron chi connectivity index (χ1n) is 7.73. The van der Waals surface area contributed by atoms with Gasteiger partial charge in [-0.2, -0.15) is 0 Å². The number of halogens is 1. The Morgan fingerprint density at radius 2 is 1.80 bits per heavy atom. The zero-order valence-electron chi connectivity index (χ0n) is 14.6. The molecule has 2 rings (SSSR count). The van der Waals surface area contributed by atoms with Crippen LogP contribution in [0.5, 0.6) is 0 Å². The number of rotatable bonds is 5. The summed E-state index contributed by atoms with van der Waals surface area (Å²) in [5, 5.41) is 2.77. The summed E-state index contributed by atoms with van der Waals surface area (Å²) in [6, 6.07) is 11.8. The van der Waals surface area contributed by atoms with Crippen LogP contribution in [-0.2, 0) is 14.8 Å². The standard InChI is InChI=1S/C18H21BrN2O3S/c1-12-9-10-13(2)17(11-12)21(25(4,23)24)14(3)18(22)20-16-8-6-5-7-15(16)19/h5-11,14H,1-4H3,(H,20,22). The maximum Gasteiger partial charge on any atom is 0.248 e. The number of nitrogens with one attached hydrogen (secondary N) is 1. The van der Waals surface area contributed by atoms with Crippen LogP contribution in [0.4, 0.5) is 11.4 Å². The van der Waals surface area contributed by atoms with E-state index < -0.39 is 22.0 Å². The lowest BCUT2D eigenvalue weighted by Crippen LogP contribution is -2.45. The Morgan fingerprint density at radius 3 is 2.40 bits per heavy atom. The van der Waals surface area contributed by atoms with E-state index in [0.29, 0.717) is 11.4 Å². The molecule has 5 nitrogen and oxygen atoms in total. The Hall–Kier alpha value is -1.86. The minimum atomic E-state index is -3.64.